The van der Waals surface area contributed by atoms with Gasteiger partial charge in [0.2, 0.25) is 0 Å². The summed E-state index contributed by atoms with van der Waals surface area (Å²) in [6.45, 7) is 8.36. The fraction of sp³-hybridized carbons (Fsp3) is 0.263. The van der Waals surface area contributed by atoms with Gasteiger partial charge in [0, 0.05) is 6.20 Å². The molecule has 4 nitrogen and oxygen atoms in total. The maximum absolute atomic E-state index is 5.87. The van der Waals surface area contributed by atoms with Crippen LogP contribution >= 0.6 is 11.8 Å². The lowest BCUT2D eigenvalue weighted by Crippen LogP contribution is -2.05. The third-order valence-electron chi connectivity index (χ3n) is 2.75. The number of hydrogen-bond acceptors (Lipinski definition) is 4. The molecule has 1 heterocycles. The number of nitrogens with zero attached hydrogens (tertiary/aromatic N) is 2. The Labute approximate surface area is 148 Å². The van der Waals surface area contributed by atoms with Gasteiger partial charge in [-0.05, 0) is 36.4 Å². The number of benzene rings is 1. The summed E-state index contributed by atoms with van der Waals surface area (Å²) in [4.78, 5) is 8.63. The van der Waals surface area contributed by atoms with E-state index in [1.165, 1.54) is 11.8 Å². The van der Waals surface area contributed by atoms with E-state index in [-0.39, 0.29) is 0 Å². The first-order chi connectivity index (χ1) is 11.7. The van der Waals surface area contributed by atoms with Gasteiger partial charge in [-0.15, -0.1) is 0 Å². The molecule has 0 aliphatic carbocycles. The summed E-state index contributed by atoms with van der Waals surface area (Å²) in [7, 11) is 0. The van der Waals surface area contributed by atoms with Gasteiger partial charge in [0.25, 0.3) is 0 Å². The second-order valence-corrected chi connectivity index (χ2v) is 5.57. The van der Waals surface area contributed by atoms with Gasteiger partial charge < -0.3 is 10.5 Å². The van der Waals surface area contributed by atoms with E-state index in [4.69, 9.17) is 10.5 Å². The molecular formula is C19H25N3OS. The molecule has 0 radical (unpaired) electrons. The van der Waals surface area contributed by atoms with E-state index < -0.39 is 0 Å². The maximum atomic E-state index is 5.87. The van der Waals surface area contributed by atoms with E-state index in [1.54, 1.807) is 6.20 Å². The molecule has 2 rings (SSSR count). The molecule has 24 heavy (non-hydrogen) atoms. The molecule has 1 aromatic carbocycles. The van der Waals surface area contributed by atoms with Gasteiger partial charge in [0.15, 0.2) is 16.7 Å². The number of aryl methyl sites for hydroxylation is 1. The van der Waals surface area contributed by atoms with Gasteiger partial charge in [0.05, 0.1) is 0 Å². The number of aromatic nitrogens is 1. The Kier molecular flexibility index (Phi) is 9.31. The number of ether oxygens (including phenoxy) is 1. The van der Waals surface area contributed by atoms with E-state index in [0.29, 0.717) is 23.3 Å². The van der Waals surface area contributed by atoms with E-state index in [0.717, 1.165) is 11.1 Å². The van der Waals surface area contributed by atoms with Gasteiger partial charge in [-0.3, -0.25) is 0 Å². The number of hydrogen-bond donors (Lipinski definition) is 1. The molecule has 5 heteroatoms. The molecule has 0 saturated heterocycles. The highest BCUT2D eigenvalue weighted by Crippen LogP contribution is 2.27. The molecular weight excluding hydrogens is 318 g/mol. The van der Waals surface area contributed by atoms with Crippen molar-refractivity contribution in [2.45, 2.75) is 34.3 Å². The number of aliphatic imine (C=N–C) groups is 1. The van der Waals surface area contributed by atoms with Crippen molar-refractivity contribution >= 4 is 22.7 Å². The molecule has 2 N–H and O–H groups in total. The van der Waals surface area contributed by atoms with E-state index in [9.17, 15) is 0 Å². The molecule has 0 unspecified atom stereocenters. The van der Waals surface area contributed by atoms with Crippen LogP contribution in [-0.4, -0.2) is 10.2 Å². The molecule has 0 aliphatic heterocycles. The van der Waals surface area contributed by atoms with Gasteiger partial charge in [-0.25, -0.2) is 9.98 Å². The predicted octanol–water partition coefficient (Wildman–Crippen LogP) is 5.21. The molecule has 128 valence electrons. The summed E-state index contributed by atoms with van der Waals surface area (Å²) in [5.74, 6) is 1.13. The normalized spacial score (nSPS) is 11.1. The third-order valence-corrected chi connectivity index (χ3v) is 3.49. The second kappa shape index (κ2) is 11.3. The van der Waals surface area contributed by atoms with Crippen LogP contribution in [0.4, 0.5) is 5.82 Å². The second-order valence-electron chi connectivity index (χ2n) is 4.65. The van der Waals surface area contributed by atoms with Crippen LogP contribution in [0.5, 0.6) is 5.75 Å². The van der Waals surface area contributed by atoms with E-state index >= 15 is 0 Å². The first kappa shape index (κ1) is 19.8. The maximum Gasteiger partial charge on any atom is 0.197 e. The van der Waals surface area contributed by atoms with Crippen molar-refractivity contribution in [3.05, 3.63) is 65.2 Å². The lowest BCUT2D eigenvalue weighted by atomic mass is 10.2. The van der Waals surface area contributed by atoms with Crippen molar-refractivity contribution in [3.8, 4) is 5.75 Å². The van der Waals surface area contributed by atoms with Crippen LogP contribution in [0.3, 0.4) is 0 Å². The molecule has 1 aromatic heterocycles. The van der Waals surface area contributed by atoms with Crippen molar-refractivity contribution in [1.29, 1.82) is 0 Å². The summed E-state index contributed by atoms with van der Waals surface area (Å²) in [6.07, 6.45) is 3.66. The number of thioether (sulfide) groups is 1. The van der Waals surface area contributed by atoms with E-state index in [2.05, 4.69) is 9.98 Å². The van der Waals surface area contributed by atoms with Crippen LogP contribution in [0.25, 0.3) is 0 Å². The largest absolute Gasteiger partial charge is 0.485 e. The topological polar surface area (TPSA) is 60.5 Å². The Balaban J connectivity index is 0.00000139. The lowest BCUT2D eigenvalue weighted by molar-refractivity contribution is 0.306. The fourth-order valence-corrected chi connectivity index (χ4v) is 2.14. The van der Waals surface area contributed by atoms with Gasteiger partial charge >= 0.3 is 0 Å². The first-order valence-corrected chi connectivity index (χ1v) is 8.82. The molecule has 0 bridgehead atoms. The highest BCUT2D eigenvalue weighted by atomic mass is 32.2. The highest BCUT2D eigenvalue weighted by Gasteiger charge is 2.06. The first-order valence-electron chi connectivity index (χ1n) is 7.94. The van der Waals surface area contributed by atoms with Gasteiger partial charge in [0.1, 0.15) is 6.61 Å². The van der Waals surface area contributed by atoms with Crippen molar-refractivity contribution in [2.24, 2.45) is 10.7 Å². The van der Waals surface area contributed by atoms with Crippen LogP contribution in [-0.2, 0) is 6.61 Å². The van der Waals surface area contributed by atoms with Gasteiger partial charge in [-0.2, -0.15) is 0 Å². The molecule has 0 aliphatic rings. The number of rotatable bonds is 5. The number of nitrogens with two attached hydrogens (primary N) is 1. The average molecular weight is 343 g/mol. The Bertz CT molecular complexity index is 670. The summed E-state index contributed by atoms with van der Waals surface area (Å²) in [5.41, 5.74) is 7.98. The Morgan fingerprint density at radius 1 is 1.29 bits per heavy atom. The summed E-state index contributed by atoms with van der Waals surface area (Å²) in [6, 6.07) is 11.9. The molecule has 2 aromatic rings. The van der Waals surface area contributed by atoms with Crippen LogP contribution in [0.1, 0.15) is 31.9 Å². The molecule has 0 spiro atoms. The van der Waals surface area contributed by atoms with Crippen molar-refractivity contribution in [2.75, 3.05) is 0 Å². The zero-order valence-electron chi connectivity index (χ0n) is 14.7. The minimum atomic E-state index is 0.430. The minimum Gasteiger partial charge on any atom is -0.485 e. The van der Waals surface area contributed by atoms with E-state index in [1.807, 2.05) is 75.6 Å². The predicted molar refractivity (Wildman–Crippen MR) is 105 cm³/mol. The Hall–Kier alpha value is -2.27. The summed E-state index contributed by atoms with van der Waals surface area (Å²) >= 11 is 1.35. The molecule has 0 saturated carbocycles. The zero-order valence-corrected chi connectivity index (χ0v) is 15.5. The van der Waals surface area contributed by atoms with Crippen LogP contribution in [0.2, 0.25) is 0 Å². The van der Waals surface area contributed by atoms with Gasteiger partial charge in [-0.1, -0.05) is 62.0 Å². The van der Waals surface area contributed by atoms with Crippen LogP contribution in [0.15, 0.2) is 59.1 Å². The molecule has 0 amide bonds. The monoisotopic (exact) mass is 343 g/mol. The minimum absolute atomic E-state index is 0.430. The zero-order chi connectivity index (χ0) is 17.8. The standard InChI is InChI=1S/C17H19N3OS.C2H6/c1-3-9-22-17(18)20-16-15(10-13(2)11-19-16)21-12-14-7-5-4-6-8-14;1-2/h3-11H,12H2,1-2H3,(H2,18,19,20);1-2H3/b9-3+;. The third kappa shape index (κ3) is 6.87. The average Bonchev–Trinajstić information content (AvgIpc) is 2.62. The summed E-state index contributed by atoms with van der Waals surface area (Å²) < 4.78 is 5.86. The van der Waals surface area contributed by atoms with Crippen LogP contribution < -0.4 is 10.5 Å². The highest BCUT2D eigenvalue weighted by molar-refractivity contribution is 8.16. The summed E-state index contributed by atoms with van der Waals surface area (Å²) in [5, 5.41) is 2.30. The fourth-order valence-electron chi connectivity index (χ4n) is 1.73. The van der Waals surface area contributed by atoms with Crippen molar-refractivity contribution in [1.82, 2.24) is 4.98 Å². The quantitative estimate of drug-likeness (QED) is 0.598. The van der Waals surface area contributed by atoms with Crippen molar-refractivity contribution < 1.29 is 4.74 Å². The SMILES string of the molecule is C/C=C/S/C(N)=N\c1ncc(C)cc1OCc1ccccc1.CC. The van der Waals surface area contributed by atoms with Crippen LogP contribution in [0, 0.1) is 6.92 Å². The molecule has 0 fully saturated rings. The number of allylic oxidation sites excluding steroid dienone is 1. The Morgan fingerprint density at radius 2 is 2.00 bits per heavy atom. The number of amidine groups is 1. The smallest absolute Gasteiger partial charge is 0.197 e. The molecule has 0 atom stereocenters. The van der Waals surface area contributed by atoms with Crippen molar-refractivity contribution in [3.63, 3.8) is 0 Å². The lowest BCUT2D eigenvalue weighted by Gasteiger charge is -2.09. The Morgan fingerprint density at radius 3 is 2.67 bits per heavy atom. The number of pyridine rings is 1.